The van der Waals surface area contributed by atoms with Crippen LogP contribution in [0.15, 0.2) is 45.2 Å². The Morgan fingerprint density at radius 3 is 2.40 bits per heavy atom. The summed E-state index contributed by atoms with van der Waals surface area (Å²) in [5.41, 5.74) is 6.11. The lowest BCUT2D eigenvalue weighted by Crippen LogP contribution is -2.64. The second-order valence-corrected chi connectivity index (χ2v) is 14.6. The number of aliphatic hydroxyl groups is 5. The van der Waals surface area contributed by atoms with Crippen LogP contribution in [0.2, 0.25) is 0 Å². The Morgan fingerprint density at radius 1 is 1.07 bits per heavy atom. The number of hydrogen-bond donors (Lipinski definition) is 11. The number of phosphoric ester groups is 2. The summed E-state index contributed by atoms with van der Waals surface area (Å²) in [6.07, 6.45) is -11.5. The van der Waals surface area contributed by atoms with Crippen LogP contribution >= 0.6 is 15.6 Å². The zero-order valence-electron chi connectivity index (χ0n) is 28.0. The third kappa shape index (κ3) is 10.9. The standard InChI is InChI=1S/C27H35N7O19P2/c1-11(36)30-18-21(40)19(38)16(9-35)51-26(18)52-55(47,48)53-54(45,46)49-10-17-20(39)22(41)25(50-17)34-8-12(23(42)31-27(34)44)3-2-6-29-24(43)14-5-4-13(32-33-28)7-15(14)37/h2-5,7-8,16-22,25-26,35,37-41H,6,9-10H2,1H3,(H,29,43)(H,30,36)(H,45,46)(H,47,48)(H,31,42,44)/b3-2+/t16?,17-,18?,19?,20-,21?,22-,25-,26?/m1/s1. The van der Waals surface area contributed by atoms with Gasteiger partial charge in [-0.25, -0.2) is 13.9 Å². The van der Waals surface area contributed by atoms with Crippen molar-refractivity contribution in [2.45, 2.75) is 62.1 Å². The van der Waals surface area contributed by atoms with E-state index in [9.17, 15) is 68.7 Å². The summed E-state index contributed by atoms with van der Waals surface area (Å²) in [6, 6.07) is 1.81. The molecule has 2 aliphatic heterocycles. The minimum absolute atomic E-state index is 0.0600. The van der Waals surface area contributed by atoms with Gasteiger partial charge in [0.15, 0.2) is 12.5 Å². The summed E-state index contributed by atoms with van der Waals surface area (Å²) >= 11 is 0. The number of hydrogen-bond acceptors (Lipinski definition) is 18. The zero-order valence-corrected chi connectivity index (χ0v) is 29.8. The van der Waals surface area contributed by atoms with E-state index in [-0.39, 0.29) is 23.4 Å². The Hall–Kier alpha value is -4.33. The molecule has 4 rings (SSSR count). The number of azide groups is 1. The van der Waals surface area contributed by atoms with Crippen LogP contribution in [-0.4, -0.2) is 131 Å². The van der Waals surface area contributed by atoms with Crippen LogP contribution in [0.1, 0.15) is 29.1 Å². The number of amides is 2. The number of carbonyl (C=O) groups excluding carboxylic acids is 2. The van der Waals surface area contributed by atoms with Crippen LogP contribution in [0.25, 0.3) is 16.5 Å². The average Bonchev–Trinajstić information content (AvgIpc) is 3.37. The molecule has 26 nitrogen and oxygen atoms in total. The molecular weight excluding hydrogens is 788 g/mol. The van der Waals surface area contributed by atoms with E-state index in [0.29, 0.717) is 4.57 Å². The monoisotopic (exact) mass is 823 g/mol. The number of phenolic OH excluding ortho intramolecular Hbond substituents is 1. The second kappa shape index (κ2) is 18.1. The number of phosphoric acid groups is 2. The van der Waals surface area contributed by atoms with Crippen molar-refractivity contribution in [3.05, 3.63) is 72.9 Å². The molecule has 2 fully saturated rings. The van der Waals surface area contributed by atoms with Gasteiger partial charge in [-0.2, -0.15) is 4.31 Å². The second-order valence-electron chi connectivity index (χ2n) is 11.7. The molecule has 28 heteroatoms. The first-order valence-corrected chi connectivity index (χ1v) is 18.6. The van der Waals surface area contributed by atoms with Crippen molar-refractivity contribution in [2.24, 2.45) is 5.11 Å². The largest absolute Gasteiger partial charge is 0.507 e. The Balaban J connectivity index is 1.39. The molecule has 0 radical (unpaired) electrons. The highest BCUT2D eigenvalue weighted by Gasteiger charge is 2.50. The molecule has 0 aliphatic carbocycles. The van der Waals surface area contributed by atoms with Gasteiger partial charge in [-0.1, -0.05) is 23.3 Å². The molecule has 1 aromatic heterocycles. The number of phenols is 1. The number of benzene rings is 1. The fraction of sp³-hybridized carbons (Fsp3) is 0.481. The van der Waals surface area contributed by atoms with Gasteiger partial charge in [0.25, 0.3) is 11.5 Å². The molecule has 2 saturated heterocycles. The first-order valence-electron chi connectivity index (χ1n) is 15.6. The molecule has 11 N–H and O–H groups in total. The number of aromatic nitrogens is 2. The predicted molar refractivity (Wildman–Crippen MR) is 179 cm³/mol. The maximum absolute atomic E-state index is 12.7. The molecule has 7 unspecified atom stereocenters. The maximum atomic E-state index is 12.7. The van der Waals surface area contributed by atoms with Gasteiger partial charge < -0.3 is 60.5 Å². The lowest BCUT2D eigenvalue weighted by Gasteiger charge is -2.42. The highest BCUT2D eigenvalue weighted by molar-refractivity contribution is 7.61. The van der Waals surface area contributed by atoms with Gasteiger partial charge >= 0.3 is 21.3 Å². The van der Waals surface area contributed by atoms with Gasteiger partial charge in [0.2, 0.25) is 5.91 Å². The number of aliphatic hydroxyl groups excluding tert-OH is 5. The fourth-order valence-corrected chi connectivity index (χ4v) is 7.36. The average molecular weight is 824 g/mol. The Bertz CT molecular complexity index is 2040. The molecule has 55 heavy (non-hydrogen) atoms. The van der Waals surface area contributed by atoms with Crippen LogP contribution in [0.5, 0.6) is 5.75 Å². The van der Waals surface area contributed by atoms with Crippen LogP contribution < -0.4 is 21.9 Å². The molecule has 11 atom stereocenters. The highest BCUT2D eigenvalue weighted by atomic mass is 31.3. The topological polar surface area (TPSA) is 404 Å². The van der Waals surface area contributed by atoms with E-state index >= 15 is 0 Å². The van der Waals surface area contributed by atoms with Crippen molar-refractivity contribution in [1.29, 1.82) is 0 Å². The number of H-pyrrole nitrogens is 1. The molecule has 2 aromatic rings. The number of nitrogens with zero attached hydrogens (tertiary/aromatic N) is 4. The van der Waals surface area contributed by atoms with E-state index in [1.165, 1.54) is 18.2 Å². The number of rotatable bonds is 15. The van der Waals surface area contributed by atoms with Crippen molar-refractivity contribution in [1.82, 2.24) is 20.2 Å². The number of aromatic amines is 1. The van der Waals surface area contributed by atoms with E-state index in [0.717, 1.165) is 25.3 Å². The van der Waals surface area contributed by atoms with Crippen molar-refractivity contribution in [3.63, 3.8) is 0 Å². The molecule has 1 aromatic carbocycles. The van der Waals surface area contributed by atoms with E-state index < -0.39 is 113 Å². The Kier molecular flexibility index (Phi) is 14.3. The summed E-state index contributed by atoms with van der Waals surface area (Å²) < 4.78 is 50.0. The predicted octanol–water partition coefficient (Wildman–Crippen LogP) is -2.56. The number of nitrogens with one attached hydrogen (secondary N) is 3. The first-order chi connectivity index (χ1) is 25.8. The first kappa shape index (κ1) is 43.4. The molecule has 2 amide bonds. The molecule has 0 saturated carbocycles. The van der Waals surface area contributed by atoms with Gasteiger partial charge in [-0.3, -0.25) is 33.0 Å². The molecule has 0 spiro atoms. The zero-order chi connectivity index (χ0) is 40.8. The smallest absolute Gasteiger partial charge is 0.483 e. The quantitative estimate of drug-likeness (QED) is 0.0381. The van der Waals surface area contributed by atoms with Crippen molar-refractivity contribution in [2.75, 3.05) is 19.8 Å². The van der Waals surface area contributed by atoms with Gasteiger partial charge in [-0.05, 0) is 17.7 Å². The van der Waals surface area contributed by atoms with Crippen molar-refractivity contribution < 1.29 is 82.0 Å². The molecule has 2 aliphatic rings. The van der Waals surface area contributed by atoms with Gasteiger partial charge in [0.05, 0.1) is 24.3 Å². The van der Waals surface area contributed by atoms with Crippen LogP contribution in [0.4, 0.5) is 5.69 Å². The minimum atomic E-state index is -5.73. The molecule has 0 bridgehead atoms. The summed E-state index contributed by atoms with van der Waals surface area (Å²) in [6.45, 7) is -1.30. The van der Waals surface area contributed by atoms with Crippen molar-refractivity contribution >= 4 is 39.2 Å². The third-order valence-corrected chi connectivity index (χ3v) is 10.4. The van der Waals surface area contributed by atoms with E-state index in [2.05, 4.69) is 29.5 Å². The normalized spacial score (nSPS) is 28.8. The number of aromatic hydroxyl groups is 1. The number of carbonyl (C=O) groups is 2. The lowest BCUT2D eigenvalue weighted by atomic mass is 9.97. The number of ether oxygens (including phenoxy) is 2. The Labute approximate surface area is 307 Å². The summed E-state index contributed by atoms with van der Waals surface area (Å²) in [5.74, 6) is -2.04. The van der Waals surface area contributed by atoms with Gasteiger partial charge in [-0.15, -0.1) is 0 Å². The summed E-state index contributed by atoms with van der Waals surface area (Å²) in [4.78, 5) is 73.9. The SMILES string of the molecule is CC(=O)NC1C(OP(=O)(O)OP(=O)(O)OC[C@H]2O[C@@H](n3cc(/C=C/CNC(=O)c4ccc(N=[N+]=[N-])cc4O)c(=O)[nH]c3=O)[C@H](O)[C@@H]2O)OC(CO)C(O)C1O. The highest BCUT2D eigenvalue weighted by Crippen LogP contribution is 2.61. The molecule has 302 valence electrons. The van der Waals surface area contributed by atoms with Crippen LogP contribution in [-0.2, 0) is 36.8 Å². The van der Waals surface area contributed by atoms with Crippen molar-refractivity contribution in [3.8, 4) is 5.75 Å². The van der Waals surface area contributed by atoms with Gasteiger partial charge in [0.1, 0.15) is 48.4 Å². The molecule has 3 heterocycles. The Morgan fingerprint density at radius 2 is 1.76 bits per heavy atom. The summed E-state index contributed by atoms with van der Waals surface area (Å²) in [5, 5.41) is 68.8. The van der Waals surface area contributed by atoms with E-state index in [4.69, 9.17) is 19.5 Å². The maximum Gasteiger partial charge on any atom is 0.483 e. The summed E-state index contributed by atoms with van der Waals surface area (Å²) in [7, 11) is -11.4. The van der Waals surface area contributed by atoms with E-state index in [1.807, 2.05) is 4.98 Å². The minimum Gasteiger partial charge on any atom is -0.507 e. The van der Waals surface area contributed by atoms with Crippen LogP contribution in [0.3, 0.4) is 0 Å². The van der Waals surface area contributed by atoms with Crippen LogP contribution in [0, 0.1) is 0 Å². The van der Waals surface area contributed by atoms with Gasteiger partial charge in [0, 0.05) is 30.3 Å². The molecular formula is C27H35N7O19P2. The van der Waals surface area contributed by atoms with E-state index in [1.54, 1.807) is 0 Å². The third-order valence-electron chi connectivity index (χ3n) is 7.77. The fourth-order valence-electron chi connectivity index (χ4n) is 5.20. The lowest BCUT2D eigenvalue weighted by molar-refractivity contribution is -0.247.